The first-order valence-corrected chi connectivity index (χ1v) is 7.46. The first-order valence-electron chi connectivity index (χ1n) is 6.70. The average Bonchev–Trinajstić information content (AvgIpc) is 2.86. The first-order chi connectivity index (χ1) is 9.70. The van der Waals surface area contributed by atoms with Gasteiger partial charge in [-0.25, -0.2) is 0 Å². The van der Waals surface area contributed by atoms with Crippen molar-refractivity contribution in [3.05, 3.63) is 63.6 Å². The fraction of sp³-hybridized carbons (Fsp3) is 0.250. The van der Waals surface area contributed by atoms with E-state index in [4.69, 9.17) is 28.9 Å². The lowest BCUT2D eigenvalue weighted by Gasteiger charge is -2.30. The van der Waals surface area contributed by atoms with Crippen molar-refractivity contribution in [2.24, 2.45) is 5.73 Å². The number of anilines is 1. The van der Waals surface area contributed by atoms with Gasteiger partial charge in [0.25, 0.3) is 0 Å². The van der Waals surface area contributed by atoms with Crippen LogP contribution in [0.25, 0.3) is 0 Å². The Morgan fingerprint density at radius 1 is 1.15 bits per heavy atom. The van der Waals surface area contributed by atoms with Crippen LogP contribution in [0.4, 0.5) is 5.69 Å². The van der Waals surface area contributed by atoms with Gasteiger partial charge >= 0.3 is 0 Å². The third-order valence-corrected chi connectivity index (χ3v) is 4.41. The zero-order valence-electron chi connectivity index (χ0n) is 11.0. The van der Waals surface area contributed by atoms with Crippen molar-refractivity contribution in [3.8, 4) is 0 Å². The van der Waals surface area contributed by atoms with Crippen molar-refractivity contribution in [1.29, 1.82) is 0 Å². The summed E-state index contributed by atoms with van der Waals surface area (Å²) in [5.74, 6) is 0. The Labute approximate surface area is 129 Å². The lowest BCUT2D eigenvalue weighted by Crippen LogP contribution is -2.32. The Bertz CT molecular complexity index is 628. The van der Waals surface area contributed by atoms with Crippen LogP contribution in [-0.4, -0.2) is 13.1 Å². The first kappa shape index (κ1) is 13.7. The second-order valence-corrected chi connectivity index (χ2v) is 5.83. The van der Waals surface area contributed by atoms with Crippen molar-refractivity contribution >= 4 is 28.9 Å². The van der Waals surface area contributed by atoms with Gasteiger partial charge in [0.15, 0.2) is 0 Å². The summed E-state index contributed by atoms with van der Waals surface area (Å²) in [7, 11) is 0. The zero-order valence-corrected chi connectivity index (χ0v) is 12.5. The van der Waals surface area contributed by atoms with Crippen LogP contribution >= 0.6 is 23.2 Å². The zero-order chi connectivity index (χ0) is 14.1. The van der Waals surface area contributed by atoms with Crippen LogP contribution in [0.3, 0.4) is 0 Å². The van der Waals surface area contributed by atoms with Gasteiger partial charge in [-0.3, -0.25) is 0 Å². The van der Waals surface area contributed by atoms with E-state index in [1.165, 1.54) is 11.3 Å². The maximum absolute atomic E-state index is 6.34. The summed E-state index contributed by atoms with van der Waals surface area (Å²) in [6.45, 7) is 1.50. The molecular formula is C16H16Cl2N2. The fourth-order valence-electron chi connectivity index (χ4n) is 2.88. The van der Waals surface area contributed by atoms with Gasteiger partial charge in [0.2, 0.25) is 0 Å². The summed E-state index contributed by atoms with van der Waals surface area (Å²) in [5, 5.41) is 1.33. The smallest absolute Gasteiger partial charge is 0.0679 e. The van der Waals surface area contributed by atoms with E-state index >= 15 is 0 Å². The monoisotopic (exact) mass is 306 g/mol. The molecule has 4 heteroatoms. The molecule has 1 atom stereocenters. The van der Waals surface area contributed by atoms with Gasteiger partial charge in [-0.15, -0.1) is 0 Å². The Balaban J connectivity index is 1.99. The van der Waals surface area contributed by atoms with E-state index in [1.54, 1.807) is 6.07 Å². The van der Waals surface area contributed by atoms with Gasteiger partial charge in [0, 0.05) is 28.8 Å². The number of hydrogen-bond acceptors (Lipinski definition) is 2. The highest BCUT2D eigenvalue weighted by atomic mass is 35.5. The van der Waals surface area contributed by atoms with Crippen molar-refractivity contribution in [1.82, 2.24) is 0 Å². The lowest BCUT2D eigenvalue weighted by molar-refractivity contribution is 0.649. The summed E-state index contributed by atoms with van der Waals surface area (Å²) in [6.07, 6.45) is 1.05. The van der Waals surface area contributed by atoms with Crippen molar-refractivity contribution < 1.29 is 0 Å². The Kier molecular flexibility index (Phi) is 3.88. The number of para-hydroxylation sites is 1. The molecule has 104 valence electrons. The summed E-state index contributed by atoms with van der Waals surface area (Å²) < 4.78 is 0. The van der Waals surface area contributed by atoms with Crippen molar-refractivity contribution in [2.75, 3.05) is 18.0 Å². The minimum Gasteiger partial charge on any atom is -0.363 e. The summed E-state index contributed by atoms with van der Waals surface area (Å²) in [5.41, 5.74) is 9.68. The minimum atomic E-state index is 0.0865. The molecule has 1 aliphatic rings. The third-order valence-electron chi connectivity index (χ3n) is 3.84. The average molecular weight is 307 g/mol. The third kappa shape index (κ3) is 2.39. The van der Waals surface area contributed by atoms with Crippen LogP contribution in [0.15, 0.2) is 42.5 Å². The van der Waals surface area contributed by atoms with Gasteiger partial charge < -0.3 is 10.6 Å². The van der Waals surface area contributed by atoms with Gasteiger partial charge in [0.05, 0.1) is 6.04 Å². The quantitative estimate of drug-likeness (QED) is 0.926. The maximum Gasteiger partial charge on any atom is 0.0679 e. The molecule has 0 bridgehead atoms. The summed E-state index contributed by atoms with van der Waals surface area (Å²) >= 11 is 12.3. The molecule has 0 fully saturated rings. The van der Waals surface area contributed by atoms with Gasteiger partial charge in [0.1, 0.15) is 0 Å². The topological polar surface area (TPSA) is 29.3 Å². The highest BCUT2D eigenvalue weighted by Crippen LogP contribution is 2.37. The Morgan fingerprint density at radius 2 is 1.95 bits per heavy atom. The number of halogens is 2. The SMILES string of the molecule is NCC(c1ccc(Cl)cc1Cl)N1CCc2ccccc21. The number of fused-ring (bicyclic) bond motifs is 1. The predicted octanol–water partition coefficient (Wildman–Crippen LogP) is 4.06. The molecule has 3 rings (SSSR count). The predicted molar refractivity (Wildman–Crippen MR) is 85.7 cm³/mol. The normalized spacial score (nSPS) is 15.2. The molecule has 2 N–H and O–H groups in total. The molecule has 0 radical (unpaired) electrons. The van der Waals surface area contributed by atoms with Crippen molar-refractivity contribution in [3.63, 3.8) is 0 Å². The summed E-state index contributed by atoms with van der Waals surface area (Å²) in [4.78, 5) is 2.34. The van der Waals surface area contributed by atoms with Crippen LogP contribution in [0, 0.1) is 0 Å². The molecule has 1 heterocycles. The van der Waals surface area contributed by atoms with E-state index in [0.29, 0.717) is 16.6 Å². The van der Waals surface area contributed by atoms with Gasteiger partial charge in [-0.2, -0.15) is 0 Å². The van der Waals surface area contributed by atoms with Gasteiger partial charge in [-0.05, 0) is 35.7 Å². The van der Waals surface area contributed by atoms with E-state index in [9.17, 15) is 0 Å². The molecular weight excluding hydrogens is 291 g/mol. The van der Waals surface area contributed by atoms with E-state index in [1.807, 2.05) is 12.1 Å². The molecule has 2 aromatic rings. The Hall–Kier alpha value is -1.22. The Morgan fingerprint density at radius 3 is 2.70 bits per heavy atom. The minimum absolute atomic E-state index is 0.0865. The molecule has 20 heavy (non-hydrogen) atoms. The van der Waals surface area contributed by atoms with E-state index in [-0.39, 0.29) is 6.04 Å². The number of rotatable bonds is 3. The van der Waals surface area contributed by atoms with E-state index in [0.717, 1.165) is 18.5 Å². The number of benzene rings is 2. The fourth-order valence-corrected chi connectivity index (χ4v) is 3.42. The van der Waals surface area contributed by atoms with E-state index in [2.05, 4.69) is 29.2 Å². The molecule has 2 nitrogen and oxygen atoms in total. The lowest BCUT2D eigenvalue weighted by atomic mass is 10.0. The highest BCUT2D eigenvalue weighted by molar-refractivity contribution is 6.35. The molecule has 0 aliphatic carbocycles. The van der Waals surface area contributed by atoms with E-state index < -0.39 is 0 Å². The number of nitrogens with zero attached hydrogens (tertiary/aromatic N) is 1. The maximum atomic E-state index is 6.34. The molecule has 2 aromatic carbocycles. The molecule has 0 spiro atoms. The largest absolute Gasteiger partial charge is 0.363 e. The van der Waals surface area contributed by atoms with Crippen LogP contribution in [-0.2, 0) is 6.42 Å². The standard InChI is InChI=1S/C16H16Cl2N2/c17-12-5-6-13(14(18)9-12)16(10-19)20-8-7-11-3-1-2-4-15(11)20/h1-6,9,16H,7-8,10,19H2. The second-order valence-electron chi connectivity index (χ2n) is 4.99. The molecule has 0 aromatic heterocycles. The number of hydrogen-bond donors (Lipinski definition) is 1. The van der Waals surface area contributed by atoms with Crippen LogP contribution < -0.4 is 10.6 Å². The number of nitrogens with two attached hydrogens (primary N) is 1. The van der Waals surface area contributed by atoms with Crippen LogP contribution in [0.5, 0.6) is 0 Å². The molecule has 1 unspecified atom stereocenters. The molecule has 0 saturated carbocycles. The van der Waals surface area contributed by atoms with Crippen LogP contribution in [0.1, 0.15) is 17.2 Å². The summed E-state index contributed by atoms with van der Waals surface area (Å²) in [6, 6.07) is 14.2. The second kappa shape index (κ2) is 5.65. The van der Waals surface area contributed by atoms with Crippen molar-refractivity contribution in [2.45, 2.75) is 12.5 Å². The molecule has 0 amide bonds. The molecule has 1 aliphatic heterocycles. The van der Waals surface area contributed by atoms with Gasteiger partial charge in [-0.1, -0.05) is 47.5 Å². The molecule has 0 saturated heterocycles. The highest BCUT2D eigenvalue weighted by Gasteiger charge is 2.27. The van der Waals surface area contributed by atoms with Crippen LogP contribution in [0.2, 0.25) is 10.0 Å².